The molecule has 21 heavy (non-hydrogen) atoms. The number of aromatic nitrogens is 2. The third kappa shape index (κ3) is 3.39. The molecule has 0 aliphatic rings. The largest absolute Gasteiger partial charge is 0.328 e. The Morgan fingerprint density at radius 3 is 2.43 bits per heavy atom. The number of hydrogen-bond donors (Lipinski definition) is 0. The van der Waals surface area contributed by atoms with Gasteiger partial charge in [-0.25, -0.2) is 9.37 Å². The van der Waals surface area contributed by atoms with E-state index < -0.39 is 0 Å². The second kappa shape index (κ2) is 6.78. The Labute approximate surface area is 131 Å². The molecule has 0 aliphatic carbocycles. The molecule has 2 rings (SSSR count). The molecule has 0 aliphatic heterocycles. The van der Waals surface area contributed by atoms with Gasteiger partial charge in [0.1, 0.15) is 11.3 Å². The summed E-state index contributed by atoms with van der Waals surface area (Å²) >= 11 is 5.89. The highest BCUT2D eigenvalue weighted by atomic mass is 35.5. The average Bonchev–Trinajstić information content (AvgIpc) is 2.75. The summed E-state index contributed by atoms with van der Waals surface area (Å²) in [5.41, 5.74) is 1.34. The van der Waals surface area contributed by atoms with E-state index in [0.717, 1.165) is 17.9 Å². The van der Waals surface area contributed by atoms with E-state index in [1.165, 1.54) is 6.07 Å². The highest BCUT2D eigenvalue weighted by Gasteiger charge is 2.21. The van der Waals surface area contributed by atoms with Gasteiger partial charge >= 0.3 is 0 Å². The molecule has 2 aromatic rings. The molecule has 0 saturated carbocycles. The Kier molecular flexibility index (Phi) is 5.26. The van der Waals surface area contributed by atoms with Crippen LogP contribution in [0.25, 0.3) is 11.0 Å². The van der Waals surface area contributed by atoms with Gasteiger partial charge in [0.15, 0.2) is 5.82 Å². The Balaban J connectivity index is 2.49. The van der Waals surface area contributed by atoms with Crippen LogP contribution in [0.15, 0.2) is 18.2 Å². The summed E-state index contributed by atoms with van der Waals surface area (Å²) in [5, 5.41) is 0. The molecule has 116 valence electrons. The van der Waals surface area contributed by atoms with Gasteiger partial charge in [-0.15, -0.1) is 11.6 Å². The van der Waals surface area contributed by atoms with Crippen LogP contribution in [0.1, 0.15) is 33.5 Å². The topological polar surface area (TPSA) is 17.8 Å². The van der Waals surface area contributed by atoms with E-state index in [1.807, 2.05) is 6.07 Å². The van der Waals surface area contributed by atoms with E-state index in [4.69, 9.17) is 11.6 Å². The summed E-state index contributed by atoms with van der Waals surface area (Å²) in [7, 11) is 0. The molecular weight excluding hydrogens is 287 g/mol. The lowest BCUT2D eigenvalue weighted by atomic mass is 9.85. The van der Waals surface area contributed by atoms with Gasteiger partial charge in [0.25, 0.3) is 0 Å². The first kappa shape index (κ1) is 16.3. The van der Waals surface area contributed by atoms with Gasteiger partial charge in [-0.3, -0.25) is 0 Å². The van der Waals surface area contributed by atoms with Gasteiger partial charge in [0, 0.05) is 18.8 Å². The second-order valence-corrected chi connectivity index (χ2v) is 6.72. The lowest BCUT2D eigenvalue weighted by Gasteiger charge is -2.26. The molecule has 1 heterocycles. The summed E-state index contributed by atoms with van der Waals surface area (Å²) in [6, 6.07) is 5.16. The fourth-order valence-electron chi connectivity index (χ4n) is 3.04. The summed E-state index contributed by atoms with van der Waals surface area (Å²) < 4.78 is 16.1. The maximum absolute atomic E-state index is 14.0. The van der Waals surface area contributed by atoms with Crippen molar-refractivity contribution in [1.82, 2.24) is 9.55 Å². The minimum absolute atomic E-state index is 0.257. The van der Waals surface area contributed by atoms with Gasteiger partial charge in [-0.2, -0.15) is 0 Å². The number of hydrogen-bond acceptors (Lipinski definition) is 1. The lowest BCUT2D eigenvalue weighted by Crippen LogP contribution is -2.23. The monoisotopic (exact) mass is 310 g/mol. The first-order valence-electron chi connectivity index (χ1n) is 7.65. The molecule has 0 radical (unpaired) electrons. The molecule has 0 bridgehead atoms. The number of benzene rings is 1. The van der Waals surface area contributed by atoms with Crippen LogP contribution in [-0.2, 0) is 13.0 Å². The highest BCUT2D eigenvalue weighted by Crippen LogP contribution is 2.27. The van der Waals surface area contributed by atoms with Crippen LogP contribution in [-0.4, -0.2) is 15.4 Å². The molecule has 0 saturated heterocycles. The van der Waals surface area contributed by atoms with Crippen LogP contribution >= 0.6 is 11.6 Å². The summed E-state index contributed by atoms with van der Waals surface area (Å²) in [6.07, 6.45) is 0.665. The van der Waals surface area contributed by atoms with Crippen molar-refractivity contribution in [1.29, 1.82) is 0 Å². The predicted octanol–water partition coefficient (Wildman–Crippen LogP) is 4.88. The summed E-state index contributed by atoms with van der Waals surface area (Å²) in [4.78, 5) is 4.48. The van der Waals surface area contributed by atoms with Crippen molar-refractivity contribution in [3.63, 3.8) is 0 Å². The molecule has 0 atom stereocenters. The maximum atomic E-state index is 14.0. The number of nitrogens with zero attached hydrogens (tertiary/aromatic N) is 2. The fraction of sp³-hybridized carbons (Fsp3) is 0.588. The Morgan fingerprint density at radius 2 is 1.86 bits per heavy atom. The normalized spacial score (nSPS) is 12.2. The van der Waals surface area contributed by atoms with Crippen LogP contribution < -0.4 is 0 Å². The van der Waals surface area contributed by atoms with Crippen molar-refractivity contribution in [2.45, 2.75) is 40.7 Å². The summed E-state index contributed by atoms with van der Waals surface area (Å²) in [6.45, 7) is 9.83. The number of halogens is 2. The molecule has 0 unspecified atom stereocenters. The molecule has 0 spiro atoms. The first-order valence-corrected chi connectivity index (χ1v) is 8.18. The van der Waals surface area contributed by atoms with Crippen molar-refractivity contribution in [3.8, 4) is 0 Å². The number of aryl methyl sites for hydroxylation is 1. The van der Waals surface area contributed by atoms with Crippen molar-refractivity contribution < 1.29 is 4.39 Å². The van der Waals surface area contributed by atoms with E-state index in [2.05, 4.69) is 37.2 Å². The van der Waals surface area contributed by atoms with Crippen LogP contribution in [0.5, 0.6) is 0 Å². The van der Waals surface area contributed by atoms with Gasteiger partial charge in [0.05, 0.1) is 5.52 Å². The Hall–Kier alpha value is -1.09. The molecule has 0 amide bonds. The smallest absolute Gasteiger partial charge is 0.151 e. The standard InChI is InChI=1S/C17H24ClFN2/c1-11(2)13(12(3)4)10-21-15-7-5-6-14(19)17(15)20-16(21)8-9-18/h5-7,11-13H,8-10H2,1-4H3. The molecule has 1 aromatic heterocycles. The van der Waals surface area contributed by atoms with E-state index in [9.17, 15) is 4.39 Å². The fourth-order valence-corrected chi connectivity index (χ4v) is 3.21. The van der Waals surface area contributed by atoms with Gasteiger partial charge in [-0.1, -0.05) is 33.8 Å². The number of para-hydroxylation sites is 1. The third-order valence-corrected chi connectivity index (χ3v) is 4.42. The number of imidazole rings is 1. The zero-order valence-electron chi connectivity index (χ0n) is 13.2. The summed E-state index contributed by atoms with van der Waals surface area (Å²) in [5.74, 6) is 2.79. The quantitative estimate of drug-likeness (QED) is 0.695. The highest BCUT2D eigenvalue weighted by molar-refractivity contribution is 6.17. The van der Waals surface area contributed by atoms with Gasteiger partial charge < -0.3 is 4.57 Å². The van der Waals surface area contributed by atoms with Crippen molar-refractivity contribution in [2.24, 2.45) is 17.8 Å². The van der Waals surface area contributed by atoms with E-state index in [0.29, 0.717) is 35.6 Å². The van der Waals surface area contributed by atoms with Crippen molar-refractivity contribution in [2.75, 3.05) is 5.88 Å². The average molecular weight is 311 g/mol. The third-order valence-electron chi connectivity index (χ3n) is 4.23. The van der Waals surface area contributed by atoms with E-state index >= 15 is 0 Å². The Bertz CT molecular complexity index is 596. The van der Waals surface area contributed by atoms with E-state index in [-0.39, 0.29) is 5.82 Å². The number of rotatable bonds is 6. The van der Waals surface area contributed by atoms with Crippen LogP contribution in [0.2, 0.25) is 0 Å². The molecule has 4 heteroatoms. The van der Waals surface area contributed by atoms with Crippen molar-refractivity contribution >= 4 is 22.6 Å². The zero-order chi connectivity index (χ0) is 15.6. The molecule has 2 nitrogen and oxygen atoms in total. The molecule has 0 fully saturated rings. The zero-order valence-corrected chi connectivity index (χ0v) is 14.0. The SMILES string of the molecule is CC(C)C(Cn1c(CCCl)nc2c(F)cccc21)C(C)C. The maximum Gasteiger partial charge on any atom is 0.151 e. The van der Waals surface area contributed by atoms with Crippen LogP contribution in [0.4, 0.5) is 4.39 Å². The second-order valence-electron chi connectivity index (χ2n) is 6.34. The minimum Gasteiger partial charge on any atom is -0.328 e. The van der Waals surface area contributed by atoms with Crippen LogP contribution in [0, 0.1) is 23.6 Å². The van der Waals surface area contributed by atoms with Gasteiger partial charge in [-0.05, 0) is 29.9 Å². The van der Waals surface area contributed by atoms with E-state index in [1.54, 1.807) is 6.07 Å². The Morgan fingerprint density at radius 1 is 1.19 bits per heavy atom. The molecule has 1 aromatic carbocycles. The number of alkyl halides is 1. The first-order chi connectivity index (χ1) is 9.95. The minimum atomic E-state index is -0.257. The van der Waals surface area contributed by atoms with Crippen LogP contribution in [0.3, 0.4) is 0 Å². The number of fused-ring (bicyclic) bond motifs is 1. The molecule has 0 N–H and O–H groups in total. The molecular formula is C17H24ClFN2. The predicted molar refractivity (Wildman–Crippen MR) is 87.3 cm³/mol. The van der Waals surface area contributed by atoms with Crippen molar-refractivity contribution in [3.05, 3.63) is 29.8 Å². The van der Waals surface area contributed by atoms with Gasteiger partial charge in [0.2, 0.25) is 0 Å². The lowest BCUT2D eigenvalue weighted by molar-refractivity contribution is 0.252.